The van der Waals surface area contributed by atoms with Gasteiger partial charge in [0.2, 0.25) is 0 Å². The number of rotatable bonds is 4. The predicted octanol–water partition coefficient (Wildman–Crippen LogP) is 3.21. The summed E-state index contributed by atoms with van der Waals surface area (Å²) in [5.41, 5.74) is 1.26. The maximum absolute atomic E-state index is 12.0. The summed E-state index contributed by atoms with van der Waals surface area (Å²) < 4.78 is 1.11. The van der Waals surface area contributed by atoms with Crippen molar-refractivity contribution in [2.45, 2.75) is 25.7 Å². The highest BCUT2D eigenvalue weighted by molar-refractivity contribution is 14.1. The minimum Gasteiger partial charge on any atom is -0.351 e. The molecule has 0 spiro atoms. The van der Waals surface area contributed by atoms with Crippen molar-refractivity contribution in [3.05, 3.63) is 33.4 Å². The van der Waals surface area contributed by atoms with E-state index in [-0.39, 0.29) is 5.91 Å². The molecule has 0 aromatic heterocycles. The van der Waals surface area contributed by atoms with Crippen molar-refractivity contribution >= 4 is 28.5 Å². The zero-order valence-electron chi connectivity index (χ0n) is 9.71. The molecule has 0 radical (unpaired) electrons. The molecule has 0 heterocycles. The Kier molecular flexibility index (Phi) is 2.89. The van der Waals surface area contributed by atoms with E-state index in [4.69, 9.17) is 0 Å². The summed E-state index contributed by atoms with van der Waals surface area (Å²) in [5, 5.41) is 3.11. The van der Waals surface area contributed by atoms with Crippen LogP contribution in [0.5, 0.6) is 0 Å². The fourth-order valence-electron chi connectivity index (χ4n) is 2.57. The third kappa shape index (κ3) is 2.49. The summed E-state index contributed by atoms with van der Waals surface area (Å²) in [7, 11) is 0. The van der Waals surface area contributed by atoms with Crippen molar-refractivity contribution in [2.75, 3.05) is 6.54 Å². The van der Waals surface area contributed by atoms with E-state index in [9.17, 15) is 4.79 Å². The monoisotopic (exact) mass is 341 g/mol. The lowest BCUT2D eigenvalue weighted by Crippen LogP contribution is -2.31. The van der Waals surface area contributed by atoms with Crippen LogP contribution >= 0.6 is 22.6 Å². The topological polar surface area (TPSA) is 29.1 Å². The van der Waals surface area contributed by atoms with Crippen LogP contribution in [0.4, 0.5) is 0 Å². The minimum absolute atomic E-state index is 0.0791. The van der Waals surface area contributed by atoms with E-state index in [1.807, 2.05) is 24.3 Å². The van der Waals surface area contributed by atoms with Crippen LogP contribution in [0.1, 0.15) is 36.0 Å². The normalized spacial score (nSPS) is 21.0. The molecule has 1 amide bonds. The maximum Gasteiger partial charge on any atom is 0.251 e. The Morgan fingerprint density at radius 1 is 1.41 bits per heavy atom. The molecule has 0 unspecified atom stereocenters. The lowest BCUT2D eigenvalue weighted by Gasteiger charge is -2.14. The van der Waals surface area contributed by atoms with Gasteiger partial charge in [0.25, 0.3) is 5.91 Å². The number of hydrogen-bond acceptors (Lipinski definition) is 1. The number of halogens is 1. The van der Waals surface area contributed by atoms with E-state index in [1.165, 1.54) is 25.7 Å². The Morgan fingerprint density at radius 2 is 2.18 bits per heavy atom. The van der Waals surface area contributed by atoms with Gasteiger partial charge in [-0.15, -0.1) is 0 Å². The van der Waals surface area contributed by atoms with Crippen LogP contribution < -0.4 is 5.32 Å². The van der Waals surface area contributed by atoms with Crippen LogP contribution in [-0.4, -0.2) is 12.5 Å². The zero-order valence-corrected chi connectivity index (χ0v) is 11.9. The fraction of sp³-hybridized carbons (Fsp3) is 0.500. The Hall–Kier alpha value is -0.580. The van der Waals surface area contributed by atoms with E-state index in [1.54, 1.807) is 0 Å². The van der Waals surface area contributed by atoms with E-state index in [0.29, 0.717) is 5.41 Å². The molecule has 2 nitrogen and oxygen atoms in total. The Morgan fingerprint density at radius 3 is 2.76 bits per heavy atom. The minimum atomic E-state index is 0.0791. The van der Waals surface area contributed by atoms with Gasteiger partial charge >= 0.3 is 0 Å². The second-order valence-electron chi connectivity index (χ2n) is 5.33. The van der Waals surface area contributed by atoms with E-state index in [0.717, 1.165) is 21.6 Å². The summed E-state index contributed by atoms with van der Waals surface area (Å²) in [6, 6.07) is 7.76. The molecular formula is C14H16INO. The summed E-state index contributed by atoms with van der Waals surface area (Å²) in [6.07, 6.45) is 5.37. The molecular weight excluding hydrogens is 325 g/mol. The summed E-state index contributed by atoms with van der Waals surface area (Å²) >= 11 is 2.24. The van der Waals surface area contributed by atoms with Crippen LogP contribution in [0.15, 0.2) is 24.3 Å². The van der Waals surface area contributed by atoms with Crippen molar-refractivity contribution < 1.29 is 4.79 Å². The molecule has 17 heavy (non-hydrogen) atoms. The highest BCUT2D eigenvalue weighted by Crippen LogP contribution is 2.60. The number of hydrogen-bond donors (Lipinski definition) is 1. The van der Waals surface area contributed by atoms with Gasteiger partial charge in [-0.1, -0.05) is 6.07 Å². The molecule has 1 N–H and O–H groups in total. The predicted molar refractivity (Wildman–Crippen MR) is 75.9 cm³/mol. The first kappa shape index (κ1) is 11.5. The van der Waals surface area contributed by atoms with Crippen LogP contribution in [0.25, 0.3) is 0 Å². The van der Waals surface area contributed by atoms with Gasteiger partial charge in [0.15, 0.2) is 0 Å². The van der Waals surface area contributed by atoms with Crippen molar-refractivity contribution in [2.24, 2.45) is 11.3 Å². The van der Waals surface area contributed by atoms with Gasteiger partial charge in [0, 0.05) is 15.7 Å². The smallest absolute Gasteiger partial charge is 0.251 e. The number of benzene rings is 1. The van der Waals surface area contributed by atoms with Gasteiger partial charge in [-0.2, -0.15) is 0 Å². The van der Waals surface area contributed by atoms with Crippen molar-refractivity contribution in [1.29, 1.82) is 0 Å². The molecule has 1 aromatic carbocycles. The number of carbonyl (C=O) groups excluding carboxylic acids is 1. The van der Waals surface area contributed by atoms with Gasteiger partial charge in [0.05, 0.1) is 0 Å². The van der Waals surface area contributed by atoms with Gasteiger partial charge in [-0.05, 0) is 77.8 Å². The molecule has 3 rings (SSSR count). The second-order valence-corrected chi connectivity index (χ2v) is 6.58. The quantitative estimate of drug-likeness (QED) is 0.838. The molecule has 0 bridgehead atoms. The molecule has 1 aromatic rings. The Bertz CT molecular complexity index is 449. The molecule has 2 aliphatic rings. The molecule has 90 valence electrons. The van der Waals surface area contributed by atoms with Gasteiger partial charge < -0.3 is 5.32 Å². The first-order chi connectivity index (χ1) is 8.20. The third-order valence-corrected chi connectivity index (χ3v) is 4.69. The Balaban J connectivity index is 1.60. The molecule has 2 saturated carbocycles. The number of amides is 1. The van der Waals surface area contributed by atoms with E-state index < -0.39 is 0 Å². The number of carbonyl (C=O) groups is 1. The SMILES string of the molecule is O=C(NCC1(C2CC2)CC1)c1cccc(I)c1. The second kappa shape index (κ2) is 4.26. The van der Waals surface area contributed by atoms with Crippen LogP contribution in [0.2, 0.25) is 0 Å². The number of nitrogens with one attached hydrogen (secondary N) is 1. The Labute approximate surface area is 115 Å². The first-order valence-electron chi connectivity index (χ1n) is 6.23. The summed E-state index contributed by atoms with van der Waals surface area (Å²) in [6.45, 7) is 0.877. The summed E-state index contributed by atoms with van der Waals surface area (Å²) in [5.74, 6) is 0.981. The lowest BCUT2D eigenvalue weighted by atomic mass is 10.0. The highest BCUT2D eigenvalue weighted by atomic mass is 127. The van der Waals surface area contributed by atoms with Gasteiger partial charge in [-0.25, -0.2) is 0 Å². The lowest BCUT2D eigenvalue weighted by molar-refractivity contribution is 0.0942. The average Bonchev–Trinajstić information content (AvgIpc) is 3.15. The van der Waals surface area contributed by atoms with Crippen molar-refractivity contribution in [3.63, 3.8) is 0 Å². The first-order valence-corrected chi connectivity index (χ1v) is 7.31. The van der Waals surface area contributed by atoms with Crippen LogP contribution in [0.3, 0.4) is 0 Å². The molecule has 2 aliphatic carbocycles. The van der Waals surface area contributed by atoms with Crippen LogP contribution in [-0.2, 0) is 0 Å². The van der Waals surface area contributed by atoms with E-state index >= 15 is 0 Å². The standard InChI is InChI=1S/C14H16INO/c15-12-3-1-2-10(8-12)13(17)16-9-14(6-7-14)11-4-5-11/h1-3,8,11H,4-7,9H2,(H,16,17). The van der Waals surface area contributed by atoms with Gasteiger partial charge in [-0.3, -0.25) is 4.79 Å². The van der Waals surface area contributed by atoms with E-state index in [2.05, 4.69) is 27.9 Å². The largest absolute Gasteiger partial charge is 0.351 e. The molecule has 0 atom stereocenters. The zero-order chi connectivity index (χ0) is 11.9. The molecule has 2 fully saturated rings. The maximum atomic E-state index is 12.0. The van der Waals surface area contributed by atoms with Crippen molar-refractivity contribution in [3.8, 4) is 0 Å². The van der Waals surface area contributed by atoms with Crippen molar-refractivity contribution in [1.82, 2.24) is 5.32 Å². The summed E-state index contributed by atoms with van der Waals surface area (Å²) in [4.78, 5) is 12.0. The van der Waals surface area contributed by atoms with Gasteiger partial charge in [0.1, 0.15) is 0 Å². The molecule has 3 heteroatoms. The third-order valence-electron chi connectivity index (χ3n) is 4.02. The molecule has 0 saturated heterocycles. The fourth-order valence-corrected chi connectivity index (χ4v) is 3.12. The molecule has 0 aliphatic heterocycles. The highest BCUT2D eigenvalue weighted by Gasteiger charge is 2.53. The van der Waals surface area contributed by atoms with Crippen LogP contribution in [0, 0.1) is 14.9 Å². The average molecular weight is 341 g/mol.